The highest BCUT2D eigenvalue weighted by molar-refractivity contribution is 5.94. The number of rotatable bonds is 6. The lowest BCUT2D eigenvalue weighted by Crippen LogP contribution is -2.23. The number of hydrogen-bond acceptors (Lipinski definition) is 7. The van der Waals surface area contributed by atoms with E-state index in [1.807, 2.05) is 42.5 Å². The van der Waals surface area contributed by atoms with Crippen molar-refractivity contribution in [3.63, 3.8) is 0 Å². The Morgan fingerprint density at radius 3 is 2.79 bits per heavy atom. The second kappa shape index (κ2) is 9.44. The number of benzene rings is 1. The monoisotopic (exact) mass is 454 g/mol. The van der Waals surface area contributed by atoms with Crippen LogP contribution in [0.3, 0.4) is 0 Å². The van der Waals surface area contributed by atoms with E-state index in [0.29, 0.717) is 30.9 Å². The molecule has 1 atom stereocenters. The molecule has 4 heterocycles. The Balaban J connectivity index is 1.24. The Hall–Kier alpha value is -4.04. The molecule has 0 aliphatic carbocycles. The number of carbonyl (C=O) groups is 1. The fraction of sp³-hybridized carbons (Fsp3) is 0.231. The van der Waals surface area contributed by atoms with Gasteiger partial charge in [-0.3, -0.25) is 9.78 Å². The zero-order valence-electron chi connectivity index (χ0n) is 18.7. The molecule has 0 saturated carbocycles. The number of nitrogen functional groups attached to an aromatic ring is 1. The van der Waals surface area contributed by atoms with Crippen LogP contribution < -0.4 is 16.0 Å². The quantitative estimate of drug-likeness (QED) is 0.410. The lowest BCUT2D eigenvalue weighted by Gasteiger charge is -2.17. The van der Waals surface area contributed by atoms with Gasteiger partial charge in [-0.1, -0.05) is 12.1 Å². The number of fused-ring (bicyclic) bond motifs is 1. The van der Waals surface area contributed by atoms with Crippen LogP contribution in [0.5, 0.6) is 0 Å². The molecular formula is C26H26N6O2. The summed E-state index contributed by atoms with van der Waals surface area (Å²) in [7, 11) is 0. The molecule has 4 N–H and O–H groups in total. The molecule has 3 aromatic heterocycles. The first-order valence-electron chi connectivity index (χ1n) is 11.3. The molecular weight excluding hydrogens is 428 g/mol. The van der Waals surface area contributed by atoms with Gasteiger partial charge in [-0.2, -0.15) is 0 Å². The molecule has 0 spiro atoms. The van der Waals surface area contributed by atoms with Crippen LogP contribution in [0.1, 0.15) is 33.5 Å². The van der Waals surface area contributed by atoms with E-state index >= 15 is 0 Å². The van der Waals surface area contributed by atoms with Crippen LogP contribution in [-0.2, 0) is 13.0 Å². The molecule has 0 radical (unpaired) electrons. The Kier molecular flexibility index (Phi) is 6.05. The van der Waals surface area contributed by atoms with Crippen LogP contribution in [0.25, 0.3) is 10.8 Å². The van der Waals surface area contributed by atoms with E-state index in [9.17, 15) is 9.90 Å². The van der Waals surface area contributed by atoms with Crippen molar-refractivity contribution < 1.29 is 9.90 Å². The van der Waals surface area contributed by atoms with Crippen LogP contribution in [0.2, 0.25) is 0 Å². The second-order valence-electron chi connectivity index (χ2n) is 8.60. The van der Waals surface area contributed by atoms with E-state index in [1.54, 1.807) is 24.8 Å². The number of β-amino-alcohol motifs (C(OH)–C–C–N with tert-alkyl or cyclic N) is 1. The third-order valence-corrected chi connectivity index (χ3v) is 6.08. The fourth-order valence-corrected chi connectivity index (χ4v) is 4.28. The van der Waals surface area contributed by atoms with E-state index in [2.05, 4.69) is 25.2 Å². The minimum atomic E-state index is -0.297. The molecule has 1 aliphatic rings. The number of amides is 1. The van der Waals surface area contributed by atoms with E-state index in [1.165, 1.54) is 0 Å². The summed E-state index contributed by atoms with van der Waals surface area (Å²) in [4.78, 5) is 27.7. The Morgan fingerprint density at radius 2 is 1.94 bits per heavy atom. The van der Waals surface area contributed by atoms with Gasteiger partial charge < -0.3 is 21.1 Å². The first-order valence-corrected chi connectivity index (χ1v) is 11.3. The molecule has 1 unspecified atom stereocenters. The number of nitrogens with two attached hydrogens (primary N) is 1. The SMILES string of the molecule is Nc1nccc2cc(CNC(=O)c3cncc(Cc4ccnc(N5CCC(O)C5)c4)c3)ccc12. The lowest BCUT2D eigenvalue weighted by atomic mass is 10.1. The molecule has 1 aliphatic heterocycles. The minimum Gasteiger partial charge on any atom is -0.391 e. The number of anilines is 2. The summed E-state index contributed by atoms with van der Waals surface area (Å²) in [6.07, 6.45) is 7.92. The number of hydrogen-bond donors (Lipinski definition) is 3. The molecule has 1 amide bonds. The van der Waals surface area contributed by atoms with Crippen molar-refractivity contribution in [1.29, 1.82) is 0 Å². The zero-order valence-corrected chi connectivity index (χ0v) is 18.7. The first kappa shape index (κ1) is 21.8. The van der Waals surface area contributed by atoms with Gasteiger partial charge in [-0.05, 0) is 65.3 Å². The number of aliphatic hydroxyl groups excluding tert-OH is 1. The van der Waals surface area contributed by atoms with Crippen LogP contribution in [0, 0.1) is 0 Å². The van der Waals surface area contributed by atoms with Crippen molar-refractivity contribution in [3.8, 4) is 0 Å². The smallest absolute Gasteiger partial charge is 0.253 e. The lowest BCUT2D eigenvalue weighted by molar-refractivity contribution is 0.0950. The maximum Gasteiger partial charge on any atom is 0.253 e. The molecule has 1 saturated heterocycles. The zero-order chi connectivity index (χ0) is 23.5. The molecule has 172 valence electrons. The second-order valence-corrected chi connectivity index (χ2v) is 8.60. The fourth-order valence-electron chi connectivity index (χ4n) is 4.28. The van der Waals surface area contributed by atoms with Gasteiger partial charge >= 0.3 is 0 Å². The van der Waals surface area contributed by atoms with Gasteiger partial charge in [0.25, 0.3) is 5.91 Å². The average molecular weight is 455 g/mol. The number of aromatic nitrogens is 3. The van der Waals surface area contributed by atoms with Crippen molar-refractivity contribution in [1.82, 2.24) is 20.3 Å². The summed E-state index contributed by atoms with van der Waals surface area (Å²) >= 11 is 0. The van der Waals surface area contributed by atoms with Gasteiger partial charge in [0.15, 0.2) is 0 Å². The first-order chi connectivity index (χ1) is 16.5. The number of carbonyl (C=O) groups excluding carboxylic acids is 1. The highest BCUT2D eigenvalue weighted by atomic mass is 16.3. The number of nitrogens with zero attached hydrogens (tertiary/aromatic N) is 4. The summed E-state index contributed by atoms with van der Waals surface area (Å²) in [5.74, 6) is 1.18. The molecule has 1 aromatic carbocycles. The van der Waals surface area contributed by atoms with Gasteiger partial charge in [0.1, 0.15) is 11.6 Å². The topological polar surface area (TPSA) is 117 Å². The molecule has 0 bridgehead atoms. The average Bonchev–Trinajstić information content (AvgIpc) is 3.29. The summed E-state index contributed by atoms with van der Waals surface area (Å²) in [6.45, 7) is 1.81. The Labute approximate surface area is 197 Å². The van der Waals surface area contributed by atoms with E-state index < -0.39 is 0 Å². The predicted octanol–water partition coefficient (Wildman–Crippen LogP) is 2.70. The molecule has 1 fully saturated rings. The standard InChI is InChI=1S/C26H26N6O2/c27-25-23-2-1-18(10-20(23)4-7-30-25)14-31-26(34)21-11-19(13-28-15-21)9-17-3-6-29-24(12-17)32-8-5-22(33)16-32/h1-4,6-7,10-13,15,22,33H,5,8-9,14,16H2,(H2,27,30)(H,31,34). The van der Waals surface area contributed by atoms with Crippen molar-refractivity contribution in [2.75, 3.05) is 23.7 Å². The molecule has 8 heteroatoms. The van der Waals surface area contributed by atoms with Crippen LogP contribution in [0.15, 0.2) is 67.3 Å². The summed E-state index contributed by atoms with van der Waals surface area (Å²) in [5.41, 5.74) is 9.44. The van der Waals surface area contributed by atoms with Gasteiger partial charge in [0, 0.05) is 49.8 Å². The maximum atomic E-state index is 12.8. The van der Waals surface area contributed by atoms with Crippen molar-refractivity contribution >= 4 is 28.3 Å². The van der Waals surface area contributed by atoms with Crippen molar-refractivity contribution in [2.24, 2.45) is 0 Å². The van der Waals surface area contributed by atoms with Gasteiger partial charge in [-0.25, -0.2) is 9.97 Å². The Morgan fingerprint density at radius 1 is 1.06 bits per heavy atom. The van der Waals surface area contributed by atoms with Crippen LogP contribution in [-0.4, -0.2) is 45.2 Å². The van der Waals surface area contributed by atoms with E-state index in [-0.39, 0.29) is 12.0 Å². The van der Waals surface area contributed by atoms with Crippen molar-refractivity contribution in [2.45, 2.75) is 25.5 Å². The molecule has 5 rings (SSSR count). The minimum absolute atomic E-state index is 0.176. The van der Waals surface area contributed by atoms with Crippen LogP contribution in [0.4, 0.5) is 11.6 Å². The van der Waals surface area contributed by atoms with Crippen molar-refractivity contribution in [3.05, 3.63) is 89.5 Å². The van der Waals surface area contributed by atoms with E-state index in [0.717, 1.165) is 46.2 Å². The predicted molar refractivity (Wildman–Crippen MR) is 131 cm³/mol. The third kappa shape index (κ3) is 4.82. The van der Waals surface area contributed by atoms with Gasteiger partial charge in [0.2, 0.25) is 0 Å². The normalized spacial score (nSPS) is 15.6. The molecule has 34 heavy (non-hydrogen) atoms. The van der Waals surface area contributed by atoms with Crippen LogP contribution >= 0.6 is 0 Å². The summed E-state index contributed by atoms with van der Waals surface area (Å²) in [6, 6.07) is 13.6. The largest absolute Gasteiger partial charge is 0.391 e. The number of nitrogens with one attached hydrogen (secondary N) is 1. The summed E-state index contributed by atoms with van der Waals surface area (Å²) < 4.78 is 0. The highest BCUT2D eigenvalue weighted by Crippen LogP contribution is 2.21. The van der Waals surface area contributed by atoms with Gasteiger partial charge in [-0.15, -0.1) is 0 Å². The number of aliphatic hydroxyl groups is 1. The Bertz CT molecular complexity index is 1340. The molecule has 8 nitrogen and oxygen atoms in total. The van der Waals surface area contributed by atoms with Gasteiger partial charge in [0.05, 0.1) is 11.7 Å². The highest BCUT2D eigenvalue weighted by Gasteiger charge is 2.21. The number of pyridine rings is 3. The summed E-state index contributed by atoms with van der Waals surface area (Å²) in [5, 5.41) is 14.7. The van der Waals surface area contributed by atoms with E-state index in [4.69, 9.17) is 5.73 Å². The third-order valence-electron chi connectivity index (χ3n) is 6.08. The molecule has 4 aromatic rings. The maximum absolute atomic E-state index is 12.8.